The quantitative estimate of drug-likeness (QED) is 0.686. The Labute approximate surface area is 141 Å². The Morgan fingerprint density at radius 1 is 1.12 bits per heavy atom. The number of benzene rings is 1. The van der Waals surface area contributed by atoms with E-state index < -0.39 is 18.5 Å². The summed E-state index contributed by atoms with van der Waals surface area (Å²) in [6, 6.07) is 6.67. The Kier molecular flexibility index (Phi) is 8.32. The summed E-state index contributed by atoms with van der Waals surface area (Å²) in [5.74, 6) is -0.903. The van der Waals surface area contributed by atoms with Crippen molar-refractivity contribution in [2.24, 2.45) is 0 Å². The van der Waals surface area contributed by atoms with E-state index in [0.717, 1.165) is 0 Å². The van der Waals surface area contributed by atoms with Gasteiger partial charge in [0.1, 0.15) is 11.3 Å². The molecule has 0 bridgehead atoms. The number of ether oxygens (including phenoxy) is 2. The molecule has 1 N–H and O–H groups in total. The van der Waals surface area contributed by atoms with Crippen LogP contribution >= 0.6 is 0 Å². The van der Waals surface area contributed by atoms with Gasteiger partial charge in [-0.25, -0.2) is 4.79 Å². The van der Waals surface area contributed by atoms with Crippen molar-refractivity contribution in [3.63, 3.8) is 0 Å². The van der Waals surface area contributed by atoms with Crippen molar-refractivity contribution in [1.29, 1.82) is 0 Å². The lowest BCUT2D eigenvalue weighted by Crippen LogP contribution is -2.42. The summed E-state index contributed by atoms with van der Waals surface area (Å²) < 4.78 is 10.4. The van der Waals surface area contributed by atoms with Crippen LogP contribution in [0.15, 0.2) is 24.3 Å². The van der Waals surface area contributed by atoms with E-state index in [0.29, 0.717) is 25.4 Å². The zero-order chi connectivity index (χ0) is 17.9. The van der Waals surface area contributed by atoms with Crippen LogP contribution in [0.25, 0.3) is 0 Å². The molecule has 7 nitrogen and oxygen atoms in total. The zero-order valence-corrected chi connectivity index (χ0v) is 14.3. The highest BCUT2D eigenvalue weighted by molar-refractivity contribution is 5.94. The minimum Gasteiger partial charge on any atom is -0.493 e. The highest BCUT2D eigenvalue weighted by atomic mass is 16.5. The maximum atomic E-state index is 12.1. The van der Waals surface area contributed by atoms with Gasteiger partial charge in [-0.1, -0.05) is 12.1 Å². The van der Waals surface area contributed by atoms with Crippen molar-refractivity contribution in [2.45, 2.75) is 20.8 Å². The van der Waals surface area contributed by atoms with Crippen LogP contribution in [-0.4, -0.2) is 55.5 Å². The fourth-order valence-electron chi connectivity index (χ4n) is 2.02. The molecule has 1 aromatic carbocycles. The number of rotatable bonds is 9. The summed E-state index contributed by atoms with van der Waals surface area (Å²) in [5, 5.41) is 2.62. The fraction of sp³-hybridized carbons (Fsp3) is 0.471. The molecular formula is C17H24N2O5. The lowest BCUT2D eigenvalue weighted by molar-refractivity contribution is -0.138. The second-order valence-corrected chi connectivity index (χ2v) is 4.87. The molecule has 132 valence electrons. The lowest BCUT2D eigenvalue weighted by atomic mass is 10.2. The van der Waals surface area contributed by atoms with Crippen LogP contribution in [0.4, 0.5) is 0 Å². The van der Waals surface area contributed by atoms with E-state index in [4.69, 9.17) is 9.47 Å². The van der Waals surface area contributed by atoms with Crippen LogP contribution in [0.1, 0.15) is 31.1 Å². The van der Waals surface area contributed by atoms with Gasteiger partial charge < -0.3 is 19.7 Å². The smallest absolute Gasteiger partial charge is 0.342 e. The summed E-state index contributed by atoms with van der Waals surface area (Å²) >= 11 is 0. The number of hydrogen-bond acceptors (Lipinski definition) is 5. The van der Waals surface area contributed by atoms with Gasteiger partial charge in [-0.2, -0.15) is 0 Å². The number of likely N-dealkylation sites (N-methyl/N-ethyl adjacent to an activating group) is 2. The molecule has 0 aliphatic rings. The van der Waals surface area contributed by atoms with Crippen molar-refractivity contribution in [1.82, 2.24) is 10.2 Å². The number of esters is 1. The van der Waals surface area contributed by atoms with Gasteiger partial charge in [0.25, 0.3) is 5.91 Å². The molecule has 0 spiro atoms. The SMILES string of the molecule is CCNC(=O)CN(CC)C(=O)COC(=O)c1ccccc1OCC. The summed E-state index contributed by atoms with van der Waals surface area (Å²) in [7, 11) is 0. The van der Waals surface area contributed by atoms with Gasteiger partial charge in [-0.15, -0.1) is 0 Å². The van der Waals surface area contributed by atoms with Crippen molar-refractivity contribution in [3.05, 3.63) is 29.8 Å². The second-order valence-electron chi connectivity index (χ2n) is 4.87. The van der Waals surface area contributed by atoms with Gasteiger partial charge >= 0.3 is 5.97 Å². The third-order valence-corrected chi connectivity index (χ3v) is 3.18. The Bertz CT molecular complexity index is 574. The van der Waals surface area contributed by atoms with E-state index in [1.54, 1.807) is 38.1 Å². The number of carbonyl (C=O) groups is 3. The molecule has 24 heavy (non-hydrogen) atoms. The first-order valence-corrected chi connectivity index (χ1v) is 7.96. The topological polar surface area (TPSA) is 84.9 Å². The lowest BCUT2D eigenvalue weighted by Gasteiger charge is -2.20. The van der Waals surface area contributed by atoms with E-state index in [9.17, 15) is 14.4 Å². The monoisotopic (exact) mass is 336 g/mol. The van der Waals surface area contributed by atoms with Crippen LogP contribution in [0.3, 0.4) is 0 Å². The maximum absolute atomic E-state index is 12.1. The standard InChI is InChI=1S/C17H24N2O5/c1-4-18-15(20)11-19(5-2)16(21)12-24-17(22)13-9-7-8-10-14(13)23-6-3/h7-10H,4-6,11-12H2,1-3H3,(H,18,20). The first-order chi connectivity index (χ1) is 11.5. The summed E-state index contributed by atoms with van der Waals surface area (Å²) in [6.45, 7) is 6.14. The molecule has 1 aromatic rings. The largest absolute Gasteiger partial charge is 0.493 e. The third kappa shape index (κ3) is 5.91. The van der Waals surface area contributed by atoms with Crippen LogP contribution in [0.2, 0.25) is 0 Å². The van der Waals surface area contributed by atoms with Crippen molar-refractivity contribution >= 4 is 17.8 Å². The molecule has 2 amide bonds. The minimum atomic E-state index is -0.638. The molecule has 0 aliphatic heterocycles. The van der Waals surface area contributed by atoms with Crippen LogP contribution in [0.5, 0.6) is 5.75 Å². The molecule has 0 aliphatic carbocycles. The molecule has 0 aromatic heterocycles. The minimum absolute atomic E-state index is 0.0593. The first kappa shape index (κ1) is 19.5. The molecule has 7 heteroatoms. The molecule has 0 atom stereocenters. The molecule has 0 heterocycles. The van der Waals surface area contributed by atoms with E-state index >= 15 is 0 Å². The Morgan fingerprint density at radius 3 is 2.46 bits per heavy atom. The van der Waals surface area contributed by atoms with E-state index in [1.165, 1.54) is 4.90 Å². The molecule has 1 rings (SSSR count). The second kappa shape index (κ2) is 10.3. The average Bonchev–Trinajstić information content (AvgIpc) is 2.58. The average molecular weight is 336 g/mol. The van der Waals surface area contributed by atoms with Crippen molar-refractivity contribution < 1.29 is 23.9 Å². The maximum Gasteiger partial charge on any atom is 0.342 e. The van der Waals surface area contributed by atoms with Gasteiger partial charge in [-0.3, -0.25) is 9.59 Å². The van der Waals surface area contributed by atoms with E-state index in [1.807, 2.05) is 6.92 Å². The van der Waals surface area contributed by atoms with Crippen LogP contribution in [-0.2, 0) is 14.3 Å². The van der Waals surface area contributed by atoms with E-state index in [2.05, 4.69) is 5.32 Å². The number of nitrogens with one attached hydrogen (secondary N) is 1. The summed E-state index contributed by atoms with van der Waals surface area (Å²) in [6.07, 6.45) is 0. The predicted octanol–water partition coefficient (Wildman–Crippen LogP) is 1.23. The molecule has 0 saturated heterocycles. The fourth-order valence-corrected chi connectivity index (χ4v) is 2.02. The van der Waals surface area contributed by atoms with Gasteiger partial charge in [0.2, 0.25) is 5.91 Å². The first-order valence-electron chi connectivity index (χ1n) is 7.96. The van der Waals surface area contributed by atoms with Crippen LogP contribution < -0.4 is 10.1 Å². The highest BCUT2D eigenvalue weighted by Crippen LogP contribution is 2.18. The van der Waals surface area contributed by atoms with E-state index in [-0.39, 0.29) is 18.0 Å². The van der Waals surface area contributed by atoms with Crippen LogP contribution in [0, 0.1) is 0 Å². The third-order valence-electron chi connectivity index (χ3n) is 3.18. The summed E-state index contributed by atoms with van der Waals surface area (Å²) in [5.41, 5.74) is 0.263. The van der Waals surface area contributed by atoms with Gasteiger partial charge in [0.15, 0.2) is 6.61 Å². The number of para-hydroxylation sites is 1. The summed E-state index contributed by atoms with van der Waals surface area (Å²) in [4.78, 5) is 37.1. The number of nitrogens with zero attached hydrogens (tertiary/aromatic N) is 1. The molecule has 0 radical (unpaired) electrons. The molecule has 0 unspecified atom stereocenters. The number of carbonyl (C=O) groups excluding carboxylic acids is 3. The zero-order valence-electron chi connectivity index (χ0n) is 14.3. The molecule has 0 saturated carbocycles. The van der Waals surface area contributed by atoms with Gasteiger partial charge in [0, 0.05) is 13.1 Å². The Balaban J connectivity index is 2.62. The van der Waals surface area contributed by atoms with Gasteiger partial charge in [-0.05, 0) is 32.9 Å². The molecular weight excluding hydrogens is 312 g/mol. The molecule has 0 fully saturated rings. The normalized spacial score (nSPS) is 9.96. The van der Waals surface area contributed by atoms with Crippen molar-refractivity contribution in [3.8, 4) is 5.75 Å². The predicted molar refractivity (Wildman–Crippen MR) is 88.8 cm³/mol. The number of hydrogen-bond donors (Lipinski definition) is 1. The number of amides is 2. The Morgan fingerprint density at radius 2 is 1.83 bits per heavy atom. The van der Waals surface area contributed by atoms with Gasteiger partial charge in [0.05, 0.1) is 13.2 Å². The Hall–Kier alpha value is -2.57. The van der Waals surface area contributed by atoms with Crippen molar-refractivity contribution in [2.75, 3.05) is 32.8 Å². The highest BCUT2D eigenvalue weighted by Gasteiger charge is 2.19.